The zero-order valence-corrected chi connectivity index (χ0v) is 10.6. The van der Waals surface area contributed by atoms with E-state index in [9.17, 15) is 0 Å². The van der Waals surface area contributed by atoms with Crippen molar-refractivity contribution in [2.45, 2.75) is 52.1 Å². The van der Waals surface area contributed by atoms with Crippen LogP contribution in [0.2, 0.25) is 0 Å². The molecule has 1 unspecified atom stereocenters. The standard InChI is InChI=1S/C12H26N2/c1-11(2,3)14-9-10(8-13-6)7-12(14,4)5/h10,13H,7-9H2,1-6H3. The fourth-order valence-corrected chi connectivity index (χ4v) is 2.99. The minimum Gasteiger partial charge on any atom is -0.319 e. The zero-order valence-electron chi connectivity index (χ0n) is 10.6. The number of nitrogens with zero attached hydrogens (tertiary/aromatic N) is 1. The molecule has 1 atom stereocenters. The summed E-state index contributed by atoms with van der Waals surface area (Å²) in [5.41, 5.74) is 0.658. The third-order valence-corrected chi connectivity index (χ3v) is 3.26. The highest BCUT2D eigenvalue weighted by atomic mass is 15.3. The Hall–Kier alpha value is -0.0800. The molecule has 2 nitrogen and oxygen atoms in total. The molecule has 0 aromatic carbocycles. The Morgan fingerprint density at radius 2 is 1.93 bits per heavy atom. The van der Waals surface area contributed by atoms with E-state index < -0.39 is 0 Å². The summed E-state index contributed by atoms with van der Waals surface area (Å²) in [5.74, 6) is 0.814. The van der Waals surface area contributed by atoms with Crippen molar-refractivity contribution in [3.05, 3.63) is 0 Å². The normalized spacial score (nSPS) is 28.3. The third-order valence-electron chi connectivity index (χ3n) is 3.26. The van der Waals surface area contributed by atoms with Gasteiger partial charge in [0, 0.05) is 17.6 Å². The molecule has 0 aliphatic carbocycles. The molecule has 0 radical (unpaired) electrons. The van der Waals surface area contributed by atoms with Crippen molar-refractivity contribution >= 4 is 0 Å². The van der Waals surface area contributed by atoms with Crippen LogP contribution in [-0.2, 0) is 0 Å². The van der Waals surface area contributed by atoms with Gasteiger partial charge in [0.15, 0.2) is 0 Å². The predicted octanol–water partition coefficient (Wildman–Crippen LogP) is 2.10. The highest BCUT2D eigenvalue weighted by molar-refractivity contribution is 4.98. The maximum Gasteiger partial charge on any atom is 0.0162 e. The molecule has 1 aliphatic heterocycles. The molecule has 0 amide bonds. The molecule has 2 heteroatoms. The Bertz CT molecular complexity index is 191. The number of hydrogen-bond acceptors (Lipinski definition) is 2. The van der Waals surface area contributed by atoms with Crippen molar-refractivity contribution in [2.24, 2.45) is 5.92 Å². The molecule has 1 rings (SSSR count). The second-order valence-corrected chi connectivity index (χ2v) is 6.22. The number of hydrogen-bond donors (Lipinski definition) is 1. The van der Waals surface area contributed by atoms with Crippen LogP contribution in [-0.4, -0.2) is 36.1 Å². The first-order valence-corrected chi connectivity index (χ1v) is 5.70. The van der Waals surface area contributed by atoms with E-state index in [-0.39, 0.29) is 0 Å². The van der Waals surface area contributed by atoms with Crippen LogP contribution in [0.4, 0.5) is 0 Å². The van der Waals surface area contributed by atoms with Crippen molar-refractivity contribution in [1.82, 2.24) is 10.2 Å². The first kappa shape index (κ1) is 12.0. The number of nitrogens with one attached hydrogen (secondary N) is 1. The van der Waals surface area contributed by atoms with Gasteiger partial charge in [-0.25, -0.2) is 0 Å². The van der Waals surface area contributed by atoms with Gasteiger partial charge in [-0.3, -0.25) is 4.90 Å². The SMILES string of the molecule is CNCC1CN(C(C)(C)C)C(C)(C)C1. The van der Waals surface area contributed by atoms with Crippen LogP contribution in [0.1, 0.15) is 41.0 Å². The Kier molecular flexibility index (Phi) is 3.27. The Morgan fingerprint density at radius 3 is 2.29 bits per heavy atom. The van der Waals surface area contributed by atoms with Gasteiger partial charge in [-0.2, -0.15) is 0 Å². The van der Waals surface area contributed by atoms with E-state index in [0.717, 1.165) is 12.5 Å². The summed E-state index contributed by atoms with van der Waals surface area (Å²) in [4.78, 5) is 2.64. The molecule has 1 fully saturated rings. The average Bonchev–Trinajstić information content (AvgIpc) is 2.25. The lowest BCUT2D eigenvalue weighted by molar-refractivity contribution is 0.0671. The first-order valence-electron chi connectivity index (χ1n) is 5.70. The highest BCUT2D eigenvalue weighted by Gasteiger charge is 2.42. The zero-order chi connectivity index (χ0) is 11.0. The summed E-state index contributed by atoms with van der Waals surface area (Å²) in [7, 11) is 2.05. The minimum absolute atomic E-state index is 0.298. The first-order chi connectivity index (χ1) is 6.27. The van der Waals surface area contributed by atoms with Crippen LogP contribution in [0, 0.1) is 5.92 Å². The number of rotatable bonds is 2. The second kappa shape index (κ2) is 3.82. The van der Waals surface area contributed by atoms with Crippen LogP contribution in [0.15, 0.2) is 0 Å². The summed E-state index contributed by atoms with van der Waals surface area (Å²) < 4.78 is 0. The molecule has 0 bridgehead atoms. The van der Waals surface area contributed by atoms with Crippen LogP contribution in [0.25, 0.3) is 0 Å². The van der Waals surface area contributed by atoms with E-state index in [1.54, 1.807) is 0 Å². The Balaban J connectivity index is 2.69. The van der Waals surface area contributed by atoms with Crippen molar-refractivity contribution in [3.8, 4) is 0 Å². The van der Waals surface area contributed by atoms with Crippen molar-refractivity contribution < 1.29 is 0 Å². The van der Waals surface area contributed by atoms with Gasteiger partial charge in [0.25, 0.3) is 0 Å². The van der Waals surface area contributed by atoms with Gasteiger partial charge < -0.3 is 5.32 Å². The third kappa shape index (κ3) is 2.48. The van der Waals surface area contributed by atoms with Gasteiger partial charge in [0.2, 0.25) is 0 Å². The Labute approximate surface area is 89.1 Å². The quantitative estimate of drug-likeness (QED) is 0.731. The molecule has 0 saturated carbocycles. The van der Waals surface area contributed by atoms with Gasteiger partial charge in [0.1, 0.15) is 0 Å². The summed E-state index contributed by atoms with van der Waals surface area (Å²) in [6, 6.07) is 0. The molecular weight excluding hydrogens is 172 g/mol. The summed E-state index contributed by atoms with van der Waals surface area (Å²) >= 11 is 0. The summed E-state index contributed by atoms with van der Waals surface area (Å²) in [6.45, 7) is 14.1. The summed E-state index contributed by atoms with van der Waals surface area (Å²) in [5, 5.41) is 3.29. The van der Waals surface area contributed by atoms with Gasteiger partial charge in [-0.05, 0) is 60.5 Å². The van der Waals surface area contributed by atoms with E-state index in [4.69, 9.17) is 0 Å². The fraction of sp³-hybridized carbons (Fsp3) is 1.00. The van der Waals surface area contributed by atoms with Crippen LogP contribution >= 0.6 is 0 Å². The molecule has 1 aliphatic rings. The smallest absolute Gasteiger partial charge is 0.0162 e. The fourth-order valence-electron chi connectivity index (χ4n) is 2.99. The molecule has 0 spiro atoms. The molecule has 1 saturated heterocycles. The maximum atomic E-state index is 3.29. The van der Waals surface area contributed by atoms with Crippen LogP contribution < -0.4 is 5.32 Å². The van der Waals surface area contributed by atoms with Gasteiger partial charge in [-0.1, -0.05) is 0 Å². The molecular formula is C12H26N2. The van der Waals surface area contributed by atoms with E-state index in [1.807, 2.05) is 7.05 Å². The monoisotopic (exact) mass is 198 g/mol. The highest BCUT2D eigenvalue weighted by Crippen LogP contribution is 2.37. The maximum absolute atomic E-state index is 3.29. The molecule has 84 valence electrons. The van der Waals surface area contributed by atoms with E-state index in [2.05, 4.69) is 44.8 Å². The lowest BCUT2D eigenvalue weighted by Crippen LogP contribution is -2.50. The average molecular weight is 198 g/mol. The van der Waals surface area contributed by atoms with E-state index in [0.29, 0.717) is 11.1 Å². The van der Waals surface area contributed by atoms with Gasteiger partial charge >= 0.3 is 0 Å². The molecule has 14 heavy (non-hydrogen) atoms. The molecule has 0 aromatic heterocycles. The Morgan fingerprint density at radius 1 is 1.36 bits per heavy atom. The number of likely N-dealkylation sites (tertiary alicyclic amines) is 1. The van der Waals surface area contributed by atoms with Gasteiger partial charge in [0.05, 0.1) is 0 Å². The molecule has 1 N–H and O–H groups in total. The lowest BCUT2D eigenvalue weighted by atomic mass is 9.94. The van der Waals surface area contributed by atoms with Crippen LogP contribution in [0.3, 0.4) is 0 Å². The van der Waals surface area contributed by atoms with Crippen LogP contribution in [0.5, 0.6) is 0 Å². The summed E-state index contributed by atoms with van der Waals surface area (Å²) in [6.07, 6.45) is 1.31. The van der Waals surface area contributed by atoms with Crippen molar-refractivity contribution in [1.29, 1.82) is 0 Å². The van der Waals surface area contributed by atoms with Crippen molar-refractivity contribution in [2.75, 3.05) is 20.1 Å². The van der Waals surface area contributed by atoms with E-state index in [1.165, 1.54) is 13.0 Å². The predicted molar refractivity (Wildman–Crippen MR) is 62.6 cm³/mol. The van der Waals surface area contributed by atoms with E-state index >= 15 is 0 Å². The minimum atomic E-state index is 0.298. The molecule has 0 aromatic rings. The van der Waals surface area contributed by atoms with Crippen molar-refractivity contribution in [3.63, 3.8) is 0 Å². The lowest BCUT2D eigenvalue weighted by Gasteiger charge is -2.42. The second-order valence-electron chi connectivity index (χ2n) is 6.22. The van der Waals surface area contributed by atoms with Gasteiger partial charge in [-0.15, -0.1) is 0 Å². The topological polar surface area (TPSA) is 15.3 Å². The largest absolute Gasteiger partial charge is 0.319 e. The molecule has 1 heterocycles.